The van der Waals surface area contributed by atoms with Crippen LogP contribution in [0.25, 0.3) is 22.5 Å². The van der Waals surface area contributed by atoms with Crippen LogP contribution in [0.15, 0.2) is 48.5 Å². The van der Waals surface area contributed by atoms with E-state index in [1.54, 1.807) is 0 Å². The van der Waals surface area contributed by atoms with E-state index in [1.165, 1.54) is 0 Å². The third kappa shape index (κ3) is 5.30. The highest BCUT2D eigenvalue weighted by atomic mass is 16.4. The summed E-state index contributed by atoms with van der Waals surface area (Å²) in [5.74, 6) is 2.32. The van der Waals surface area contributed by atoms with Gasteiger partial charge in [-0.3, -0.25) is 4.79 Å². The van der Waals surface area contributed by atoms with Gasteiger partial charge in [-0.1, -0.05) is 69.3 Å². The maximum atomic E-state index is 11.4. The van der Waals surface area contributed by atoms with E-state index in [0.29, 0.717) is 18.3 Å². The van der Waals surface area contributed by atoms with Gasteiger partial charge in [0.15, 0.2) is 11.6 Å². The van der Waals surface area contributed by atoms with Crippen LogP contribution in [-0.4, -0.2) is 46.5 Å². The zero-order valence-corrected chi connectivity index (χ0v) is 21.5. The van der Waals surface area contributed by atoms with Crippen LogP contribution in [0.5, 0.6) is 0 Å². The Morgan fingerprint density at radius 2 is 1.73 bits per heavy atom. The minimum Gasteiger partial charge on any atom is -0.481 e. The molecule has 4 aromatic rings. The van der Waals surface area contributed by atoms with Crippen LogP contribution in [0.1, 0.15) is 75.5 Å². The number of hydrogen-bond donors (Lipinski definition) is 2. The topological polar surface area (TPSA) is 122 Å². The summed E-state index contributed by atoms with van der Waals surface area (Å²) < 4.78 is 2.06. The summed E-state index contributed by atoms with van der Waals surface area (Å²) in [5.41, 5.74) is 4.25. The molecule has 1 atom stereocenters. The molecule has 1 saturated carbocycles. The molecule has 0 bridgehead atoms. The molecule has 9 heteroatoms. The fraction of sp³-hybridized carbons (Fsp3) is 0.429. The van der Waals surface area contributed by atoms with Crippen LogP contribution in [0.3, 0.4) is 0 Å². The number of benzene rings is 2. The summed E-state index contributed by atoms with van der Waals surface area (Å²) in [6, 6.07) is 16.6. The lowest BCUT2D eigenvalue weighted by Gasteiger charge is -2.30. The summed E-state index contributed by atoms with van der Waals surface area (Å²) >= 11 is 0. The number of tetrazole rings is 1. The van der Waals surface area contributed by atoms with Crippen molar-refractivity contribution in [1.29, 1.82) is 0 Å². The molecule has 0 saturated heterocycles. The zero-order valence-electron chi connectivity index (χ0n) is 21.5. The molecule has 1 fully saturated rings. The van der Waals surface area contributed by atoms with Crippen molar-refractivity contribution < 1.29 is 9.90 Å². The van der Waals surface area contributed by atoms with Gasteiger partial charge in [-0.2, -0.15) is 5.10 Å². The van der Waals surface area contributed by atoms with E-state index in [1.807, 2.05) is 25.1 Å². The average molecular weight is 500 g/mol. The summed E-state index contributed by atoms with van der Waals surface area (Å²) in [7, 11) is 0. The van der Waals surface area contributed by atoms with Gasteiger partial charge in [-0.05, 0) is 58.7 Å². The minimum atomic E-state index is -0.697. The van der Waals surface area contributed by atoms with E-state index < -0.39 is 5.97 Å². The van der Waals surface area contributed by atoms with E-state index in [0.717, 1.165) is 59.6 Å². The largest absolute Gasteiger partial charge is 0.481 e. The molecule has 2 heterocycles. The highest BCUT2D eigenvalue weighted by molar-refractivity contribution is 5.80. The van der Waals surface area contributed by atoms with E-state index in [4.69, 9.17) is 10.1 Å². The maximum Gasteiger partial charge on any atom is 0.306 e. The van der Waals surface area contributed by atoms with Crippen LogP contribution in [-0.2, 0) is 11.3 Å². The number of carboxylic acid groups (broad SMARTS) is 1. The quantitative estimate of drug-likeness (QED) is 0.338. The van der Waals surface area contributed by atoms with Crippen molar-refractivity contribution in [3.63, 3.8) is 0 Å². The molecule has 5 rings (SSSR count). The molecule has 37 heavy (non-hydrogen) atoms. The monoisotopic (exact) mass is 499 g/mol. The van der Waals surface area contributed by atoms with Crippen molar-refractivity contribution >= 4 is 5.97 Å². The molecule has 1 aliphatic carbocycles. The Kier molecular flexibility index (Phi) is 7.12. The van der Waals surface area contributed by atoms with Crippen molar-refractivity contribution in [2.45, 2.75) is 64.8 Å². The predicted molar refractivity (Wildman–Crippen MR) is 140 cm³/mol. The standard InChI is InChI=1S/C28H33N7O2/c1-17(2)25-29-27(22-14-12-20(13-15-22)18(3)28(36)37)35(32-25)16-19-8-10-21(11-9-19)23-6-4-5-7-24(23)26-30-33-34-31-26/h4-11,17-18,20,22H,12-16H2,1-3H3,(H,36,37)(H,30,31,33,34). The van der Waals surface area contributed by atoms with Gasteiger partial charge in [0.1, 0.15) is 5.82 Å². The second-order valence-electron chi connectivity index (χ2n) is 10.4. The van der Waals surface area contributed by atoms with Gasteiger partial charge in [0.2, 0.25) is 0 Å². The molecule has 2 aromatic carbocycles. The van der Waals surface area contributed by atoms with Crippen LogP contribution in [0.2, 0.25) is 0 Å². The second kappa shape index (κ2) is 10.6. The lowest BCUT2D eigenvalue weighted by Crippen LogP contribution is -2.26. The van der Waals surface area contributed by atoms with Gasteiger partial charge in [0, 0.05) is 17.4 Å². The number of nitrogens with zero attached hydrogens (tertiary/aromatic N) is 6. The minimum absolute atomic E-state index is 0.234. The van der Waals surface area contributed by atoms with Gasteiger partial charge >= 0.3 is 5.97 Å². The lowest BCUT2D eigenvalue weighted by molar-refractivity contribution is -0.143. The number of aliphatic carboxylic acids is 1. The predicted octanol–water partition coefficient (Wildman–Crippen LogP) is 5.29. The van der Waals surface area contributed by atoms with Gasteiger partial charge in [-0.25, -0.2) is 14.8 Å². The number of aromatic amines is 1. The summed E-state index contributed by atoms with van der Waals surface area (Å²) in [6.07, 6.45) is 3.73. The number of carboxylic acids is 1. The molecule has 192 valence electrons. The van der Waals surface area contributed by atoms with Crippen LogP contribution < -0.4 is 0 Å². The molecule has 0 spiro atoms. The first-order valence-corrected chi connectivity index (χ1v) is 13.0. The fourth-order valence-electron chi connectivity index (χ4n) is 5.29. The maximum absolute atomic E-state index is 11.4. The lowest BCUT2D eigenvalue weighted by atomic mass is 9.76. The van der Waals surface area contributed by atoms with E-state index in [-0.39, 0.29) is 17.8 Å². The molecule has 9 nitrogen and oxygen atoms in total. The van der Waals surface area contributed by atoms with E-state index in [9.17, 15) is 9.90 Å². The number of aromatic nitrogens is 7. The van der Waals surface area contributed by atoms with Crippen LogP contribution in [0.4, 0.5) is 0 Å². The van der Waals surface area contributed by atoms with Crippen molar-refractivity contribution in [3.05, 3.63) is 65.7 Å². The van der Waals surface area contributed by atoms with E-state index >= 15 is 0 Å². The molecule has 0 aliphatic heterocycles. The van der Waals surface area contributed by atoms with Crippen LogP contribution in [0, 0.1) is 11.8 Å². The highest BCUT2D eigenvalue weighted by Crippen LogP contribution is 2.39. The first kappa shape index (κ1) is 24.8. The third-order valence-corrected chi connectivity index (χ3v) is 7.59. The molecule has 0 radical (unpaired) electrons. The number of rotatable bonds is 8. The highest BCUT2D eigenvalue weighted by Gasteiger charge is 2.32. The Balaban J connectivity index is 1.36. The average Bonchev–Trinajstić information content (AvgIpc) is 3.60. The van der Waals surface area contributed by atoms with Gasteiger partial charge in [0.25, 0.3) is 0 Å². The number of H-pyrrole nitrogens is 1. The number of carbonyl (C=O) groups is 1. The summed E-state index contributed by atoms with van der Waals surface area (Å²) in [6.45, 7) is 6.71. The Morgan fingerprint density at radius 1 is 1.03 bits per heavy atom. The van der Waals surface area contributed by atoms with Crippen molar-refractivity contribution in [2.24, 2.45) is 11.8 Å². The van der Waals surface area contributed by atoms with Crippen molar-refractivity contribution in [3.8, 4) is 22.5 Å². The van der Waals surface area contributed by atoms with Gasteiger partial charge in [-0.15, -0.1) is 5.10 Å². The van der Waals surface area contributed by atoms with Gasteiger partial charge < -0.3 is 5.11 Å². The number of hydrogen-bond acceptors (Lipinski definition) is 6. The number of nitrogens with one attached hydrogen (secondary N) is 1. The van der Waals surface area contributed by atoms with Crippen LogP contribution >= 0.6 is 0 Å². The molecular formula is C28H33N7O2. The Hall–Kier alpha value is -3.88. The Morgan fingerprint density at radius 3 is 2.35 bits per heavy atom. The molecule has 1 unspecified atom stereocenters. The zero-order chi connectivity index (χ0) is 25.9. The fourth-order valence-corrected chi connectivity index (χ4v) is 5.29. The third-order valence-electron chi connectivity index (χ3n) is 7.59. The molecule has 0 amide bonds. The first-order valence-electron chi connectivity index (χ1n) is 13.0. The molecule has 2 aromatic heterocycles. The summed E-state index contributed by atoms with van der Waals surface area (Å²) in [4.78, 5) is 16.4. The molecule has 2 N–H and O–H groups in total. The molecular weight excluding hydrogens is 466 g/mol. The van der Waals surface area contributed by atoms with E-state index in [2.05, 4.69) is 69.5 Å². The Bertz CT molecular complexity index is 1340. The smallest absolute Gasteiger partial charge is 0.306 e. The second-order valence-corrected chi connectivity index (χ2v) is 10.4. The first-order chi connectivity index (χ1) is 17.9. The SMILES string of the molecule is CC(C)c1nc(C2CCC(C(C)C(=O)O)CC2)n(Cc2ccc(-c3ccccc3-c3nnn[nH]3)cc2)n1. The Labute approximate surface area is 216 Å². The summed E-state index contributed by atoms with van der Waals surface area (Å²) in [5, 5.41) is 28.6. The molecule has 1 aliphatic rings. The van der Waals surface area contributed by atoms with Crippen molar-refractivity contribution in [1.82, 2.24) is 35.4 Å². The normalized spacial score (nSPS) is 18.7. The van der Waals surface area contributed by atoms with Crippen molar-refractivity contribution in [2.75, 3.05) is 0 Å². The van der Waals surface area contributed by atoms with Gasteiger partial charge in [0.05, 0.1) is 12.5 Å².